The van der Waals surface area contributed by atoms with Gasteiger partial charge in [-0.25, -0.2) is 29.9 Å². The number of aromatic nitrogens is 6. The highest BCUT2D eigenvalue weighted by Gasteiger charge is 2.39. The number of hydrogen-bond acceptors (Lipinski definition) is 6. The molecular formula is C128H84N6. The number of para-hydroxylation sites is 5. The van der Waals surface area contributed by atoms with Crippen LogP contribution in [0.5, 0.6) is 0 Å². The largest absolute Gasteiger partial charge is 0.244 e. The molecule has 0 spiro atoms. The molecule has 0 amide bonds. The Morgan fingerprint density at radius 3 is 0.769 bits per heavy atom. The summed E-state index contributed by atoms with van der Waals surface area (Å²) in [6.45, 7) is 9.42. The van der Waals surface area contributed by atoms with Crippen LogP contribution in [0.1, 0.15) is 49.9 Å². The van der Waals surface area contributed by atoms with Crippen LogP contribution in [0.4, 0.5) is 0 Å². The summed E-state index contributed by atoms with van der Waals surface area (Å²) in [6, 6.07) is 157. The average Bonchev–Trinajstić information content (AvgIpc) is 1.54. The van der Waals surface area contributed by atoms with Gasteiger partial charge in [-0.15, -0.1) is 0 Å². The summed E-state index contributed by atoms with van der Waals surface area (Å²) in [6.07, 6.45) is 0. The molecule has 0 saturated heterocycles. The van der Waals surface area contributed by atoms with Crippen molar-refractivity contribution in [3.05, 3.63) is 459 Å². The predicted molar refractivity (Wildman–Crippen MR) is 564 cm³/mol. The van der Waals surface area contributed by atoms with Gasteiger partial charge in [0.2, 0.25) is 0 Å². The van der Waals surface area contributed by atoms with Crippen molar-refractivity contribution in [1.29, 1.82) is 0 Å². The molecule has 0 radical (unpaired) electrons. The SMILES string of the molecule is CC1(C)c2cc(-c3nc4ccccc4nc3-c3ccc4c(c3)C(C)(C)c3cc5ccccc5cc3-4)ccc2-c2cc3ccccc3cc21.c1ccc(-c2ccc(-c3nc4ccccc4nc3-c3ccc4c5ccccc5c5ccccc5c4c3)cc2)cc1.c1ccc2c(-c3ccc4c5ccccc5c5ccccc5c4c3)nc(-c3ccc4c5ccccc5c5ccccc5c4c3)nc2c1. The van der Waals surface area contributed by atoms with Gasteiger partial charge in [0.25, 0.3) is 0 Å². The van der Waals surface area contributed by atoms with Crippen LogP contribution < -0.4 is 0 Å². The van der Waals surface area contributed by atoms with Gasteiger partial charge >= 0.3 is 0 Å². The average molecular weight is 1710 g/mol. The zero-order chi connectivity index (χ0) is 89.0. The van der Waals surface area contributed by atoms with Crippen LogP contribution in [0.15, 0.2) is 437 Å². The third-order valence-corrected chi connectivity index (χ3v) is 28.7. The van der Waals surface area contributed by atoms with Crippen LogP contribution >= 0.6 is 0 Å². The molecule has 134 heavy (non-hydrogen) atoms. The summed E-state index contributed by atoms with van der Waals surface area (Å²) in [5, 5.41) is 28.8. The molecule has 3 heterocycles. The van der Waals surface area contributed by atoms with Crippen LogP contribution in [0.2, 0.25) is 0 Å². The minimum Gasteiger partial charge on any atom is -0.244 e. The lowest BCUT2D eigenvalue weighted by Gasteiger charge is -2.23. The normalized spacial score (nSPS) is 12.9. The van der Waals surface area contributed by atoms with Crippen molar-refractivity contribution in [3.8, 4) is 101 Å². The Bertz CT molecular complexity index is 9170. The molecule has 0 saturated carbocycles. The topological polar surface area (TPSA) is 77.3 Å². The maximum atomic E-state index is 5.33. The van der Waals surface area contributed by atoms with Gasteiger partial charge in [0.15, 0.2) is 5.82 Å². The highest BCUT2D eigenvalue weighted by molar-refractivity contribution is 6.29. The molecule has 6 nitrogen and oxygen atoms in total. The number of nitrogens with zero attached hydrogens (tertiary/aromatic N) is 6. The van der Waals surface area contributed by atoms with E-state index in [4.69, 9.17) is 29.9 Å². The second-order valence-electron chi connectivity index (χ2n) is 37.0. The zero-order valence-electron chi connectivity index (χ0n) is 74.3. The highest BCUT2D eigenvalue weighted by Crippen LogP contribution is 2.55. The van der Waals surface area contributed by atoms with Crippen LogP contribution in [0.3, 0.4) is 0 Å². The fourth-order valence-corrected chi connectivity index (χ4v) is 22.0. The molecule has 0 aliphatic heterocycles. The first-order chi connectivity index (χ1) is 65.9. The third-order valence-electron chi connectivity index (χ3n) is 28.7. The Morgan fingerprint density at radius 1 is 0.142 bits per heavy atom. The maximum absolute atomic E-state index is 5.33. The Balaban J connectivity index is 0.000000105. The quantitative estimate of drug-likeness (QED) is 0.148. The summed E-state index contributed by atoms with van der Waals surface area (Å²) in [5.41, 5.74) is 28.4. The van der Waals surface area contributed by atoms with Gasteiger partial charge in [0.1, 0.15) is 0 Å². The van der Waals surface area contributed by atoms with Crippen LogP contribution in [0.25, 0.3) is 253 Å². The number of fused-ring (bicyclic) bond motifs is 29. The molecule has 0 atom stereocenters. The fraction of sp³-hybridized carbons (Fsp3) is 0.0469. The van der Waals surface area contributed by atoms with Crippen molar-refractivity contribution in [2.24, 2.45) is 0 Å². The number of hydrogen-bond donors (Lipinski definition) is 0. The molecule has 0 N–H and O–H groups in total. The first-order valence-corrected chi connectivity index (χ1v) is 46.3. The first-order valence-electron chi connectivity index (χ1n) is 46.3. The second-order valence-corrected chi connectivity index (χ2v) is 37.0. The van der Waals surface area contributed by atoms with Gasteiger partial charge in [-0.05, 0) is 259 Å². The van der Waals surface area contributed by atoms with E-state index in [-0.39, 0.29) is 10.8 Å². The molecule has 2 aliphatic carbocycles. The van der Waals surface area contributed by atoms with Gasteiger partial charge in [-0.2, -0.15) is 0 Å². The lowest BCUT2D eigenvalue weighted by atomic mass is 9.80. The predicted octanol–water partition coefficient (Wildman–Crippen LogP) is 33.9. The lowest BCUT2D eigenvalue weighted by molar-refractivity contribution is 0.661. The summed E-state index contributed by atoms with van der Waals surface area (Å²) >= 11 is 0. The zero-order valence-corrected chi connectivity index (χ0v) is 74.3. The number of benzene rings is 23. The highest BCUT2D eigenvalue weighted by atomic mass is 14.9. The summed E-state index contributed by atoms with van der Waals surface area (Å²) in [7, 11) is 0. The van der Waals surface area contributed by atoms with Crippen molar-refractivity contribution in [2.75, 3.05) is 0 Å². The molecule has 28 rings (SSSR count). The van der Waals surface area contributed by atoms with Gasteiger partial charge < -0.3 is 0 Å². The summed E-state index contributed by atoms with van der Waals surface area (Å²) < 4.78 is 0. The summed E-state index contributed by atoms with van der Waals surface area (Å²) in [5.74, 6) is 0.733. The molecule has 26 aromatic rings. The van der Waals surface area contributed by atoms with E-state index in [1.165, 1.54) is 174 Å². The Morgan fingerprint density at radius 2 is 0.388 bits per heavy atom. The van der Waals surface area contributed by atoms with E-state index in [0.717, 1.165) is 101 Å². The number of rotatable bonds is 7. The third kappa shape index (κ3) is 12.7. The molecule has 0 fully saturated rings. The van der Waals surface area contributed by atoms with E-state index < -0.39 is 0 Å². The minimum atomic E-state index is -0.137. The van der Waals surface area contributed by atoms with E-state index in [2.05, 4.69) is 422 Å². The fourth-order valence-electron chi connectivity index (χ4n) is 22.0. The Kier molecular flexibility index (Phi) is 17.9. The van der Waals surface area contributed by atoms with Crippen LogP contribution in [0, 0.1) is 0 Å². The van der Waals surface area contributed by atoms with E-state index in [9.17, 15) is 0 Å². The van der Waals surface area contributed by atoms with Gasteiger partial charge in [0, 0.05) is 49.6 Å². The molecular weight excluding hydrogens is 1620 g/mol. The molecule has 2 aliphatic rings. The van der Waals surface area contributed by atoms with Gasteiger partial charge in [-0.1, -0.05) is 380 Å². The van der Waals surface area contributed by atoms with Gasteiger partial charge in [-0.3, -0.25) is 0 Å². The van der Waals surface area contributed by atoms with E-state index in [0.29, 0.717) is 0 Å². The van der Waals surface area contributed by atoms with Gasteiger partial charge in [0.05, 0.1) is 56.1 Å². The molecule has 3 aromatic heterocycles. The Labute approximate surface area is 774 Å². The molecule has 23 aromatic carbocycles. The van der Waals surface area contributed by atoms with Crippen molar-refractivity contribution < 1.29 is 0 Å². The Hall–Kier alpha value is -17.1. The first kappa shape index (κ1) is 78.0. The van der Waals surface area contributed by atoms with Crippen molar-refractivity contribution in [2.45, 2.75) is 38.5 Å². The van der Waals surface area contributed by atoms with Crippen molar-refractivity contribution in [3.63, 3.8) is 0 Å². The van der Waals surface area contributed by atoms with Crippen LogP contribution in [-0.2, 0) is 10.8 Å². The molecule has 6 heteroatoms. The maximum Gasteiger partial charge on any atom is 0.160 e. The lowest BCUT2D eigenvalue weighted by Crippen LogP contribution is -2.15. The van der Waals surface area contributed by atoms with E-state index in [1.54, 1.807) is 0 Å². The second kappa shape index (κ2) is 30.8. The minimum absolute atomic E-state index is 0.137. The summed E-state index contributed by atoms with van der Waals surface area (Å²) in [4.78, 5) is 31.5. The smallest absolute Gasteiger partial charge is 0.160 e. The molecule has 0 bridgehead atoms. The van der Waals surface area contributed by atoms with Crippen molar-refractivity contribution >= 4 is 151 Å². The van der Waals surface area contributed by atoms with E-state index in [1.807, 2.05) is 42.5 Å². The molecule has 626 valence electrons. The standard InChI is InChI=1S/C46H34N2.C44H26N2.C38H24N2/c1-45(2)37-25-31(17-19-33(37)35-21-27-11-5-7-13-29(27)23-39(35)45)43-44(48-42-16-10-9-15-41(42)47-43)32-18-20-34-36-22-28-12-6-8-14-30(28)24-40(36)46(3,4)38(34)26-32;1-3-15-33-29(11-1)31-13-5-7-17-35(31)40-25-27(21-23-37(33)40)43-39-19-9-10-20-42(39)45-44(46-43)28-22-24-38-34-16-4-2-12-30(34)32-14-6-8-18-36(32)41(38)26-28;1-2-10-25(11-3-1)26-18-20-27(21-19-26)37-38(40-36-17-9-8-16-35(36)39-37)28-22-23-33-31-14-5-4-12-29(31)30-13-6-7-15-32(30)34(33)24-28/h5-26H,1-4H3;1-26H;1-24H. The molecule has 0 unspecified atom stereocenters. The monoisotopic (exact) mass is 1700 g/mol. The van der Waals surface area contributed by atoms with Crippen molar-refractivity contribution in [1.82, 2.24) is 29.9 Å². The van der Waals surface area contributed by atoms with E-state index >= 15 is 0 Å². The van der Waals surface area contributed by atoms with Crippen LogP contribution in [-0.4, -0.2) is 29.9 Å².